The first-order valence-electron chi connectivity index (χ1n) is 12.3. The molecular formula is C27H30N4O4. The first-order valence-corrected chi connectivity index (χ1v) is 12.3. The van der Waals surface area contributed by atoms with Crippen LogP contribution in [-0.2, 0) is 11.2 Å². The molecule has 0 unspecified atom stereocenters. The molecule has 4 heterocycles. The van der Waals surface area contributed by atoms with Crippen LogP contribution < -0.4 is 4.74 Å². The van der Waals surface area contributed by atoms with E-state index in [0.717, 1.165) is 59.4 Å². The maximum atomic E-state index is 13.9. The van der Waals surface area contributed by atoms with Crippen LogP contribution in [0.3, 0.4) is 0 Å². The Morgan fingerprint density at radius 3 is 2.66 bits per heavy atom. The van der Waals surface area contributed by atoms with E-state index in [-0.39, 0.29) is 17.7 Å². The molecule has 0 radical (unpaired) electrons. The van der Waals surface area contributed by atoms with Gasteiger partial charge in [-0.15, -0.1) is 0 Å². The molecular weight excluding hydrogens is 444 g/mol. The Kier molecular flexibility index (Phi) is 5.03. The number of fused-ring (bicyclic) bond motifs is 4. The molecule has 182 valence electrons. The minimum absolute atomic E-state index is 0.123. The highest BCUT2D eigenvalue weighted by Crippen LogP contribution is 2.49. The highest BCUT2D eigenvalue weighted by Gasteiger charge is 2.60. The van der Waals surface area contributed by atoms with E-state index in [9.17, 15) is 14.7 Å². The first kappa shape index (κ1) is 22.0. The van der Waals surface area contributed by atoms with E-state index < -0.39 is 11.6 Å². The Morgan fingerprint density at radius 2 is 1.91 bits per heavy atom. The number of carbonyl (C=O) groups excluding carboxylic acids is 2. The van der Waals surface area contributed by atoms with Crippen LogP contribution in [0, 0.1) is 0 Å². The number of carbonyl (C=O) groups is 2. The fraction of sp³-hybridized carbons (Fsp3) is 0.407. The average molecular weight is 475 g/mol. The maximum Gasteiger partial charge on any atom is 0.328 e. The molecule has 2 fully saturated rings. The van der Waals surface area contributed by atoms with E-state index in [1.807, 2.05) is 31.2 Å². The summed E-state index contributed by atoms with van der Waals surface area (Å²) in [6.45, 7) is 4.99. The van der Waals surface area contributed by atoms with Crippen molar-refractivity contribution < 1.29 is 19.4 Å². The normalized spacial score (nSPS) is 24.3. The third kappa shape index (κ3) is 3.31. The molecule has 2 atom stereocenters. The van der Waals surface area contributed by atoms with Gasteiger partial charge in [0.15, 0.2) is 0 Å². The Hall–Kier alpha value is -3.52. The minimum Gasteiger partial charge on any atom is -0.508 e. The van der Waals surface area contributed by atoms with E-state index >= 15 is 0 Å². The molecule has 1 aromatic heterocycles. The van der Waals surface area contributed by atoms with Crippen molar-refractivity contribution in [2.75, 3.05) is 33.3 Å². The summed E-state index contributed by atoms with van der Waals surface area (Å²) >= 11 is 0. The third-order valence-electron chi connectivity index (χ3n) is 7.90. The number of rotatable bonds is 5. The summed E-state index contributed by atoms with van der Waals surface area (Å²) in [6.07, 6.45) is 2.74. The number of ether oxygens (including phenoxy) is 1. The van der Waals surface area contributed by atoms with Crippen molar-refractivity contribution in [3.05, 3.63) is 59.3 Å². The van der Waals surface area contributed by atoms with Gasteiger partial charge in [0.1, 0.15) is 23.1 Å². The topological polar surface area (TPSA) is 89.1 Å². The van der Waals surface area contributed by atoms with Crippen molar-refractivity contribution in [1.29, 1.82) is 0 Å². The zero-order chi connectivity index (χ0) is 24.3. The highest BCUT2D eigenvalue weighted by atomic mass is 16.5. The molecule has 8 heteroatoms. The molecule has 3 aliphatic rings. The summed E-state index contributed by atoms with van der Waals surface area (Å²) in [6, 6.07) is 12.0. The molecule has 3 aromatic rings. The van der Waals surface area contributed by atoms with Crippen LogP contribution in [0.2, 0.25) is 0 Å². The van der Waals surface area contributed by atoms with Gasteiger partial charge in [-0.3, -0.25) is 14.6 Å². The van der Waals surface area contributed by atoms with Gasteiger partial charge in [0.2, 0.25) is 0 Å². The number of H-pyrrole nitrogens is 1. The molecule has 6 rings (SSSR count). The predicted molar refractivity (Wildman–Crippen MR) is 132 cm³/mol. The van der Waals surface area contributed by atoms with E-state index in [2.05, 4.69) is 9.88 Å². The molecule has 0 aliphatic carbocycles. The molecule has 2 saturated heterocycles. The number of aromatic amines is 1. The minimum atomic E-state index is -1.02. The fourth-order valence-electron chi connectivity index (χ4n) is 6.11. The summed E-state index contributed by atoms with van der Waals surface area (Å²) < 4.78 is 5.47. The van der Waals surface area contributed by atoms with E-state index in [4.69, 9.17) is 4.74 Å². The van der Waals surface area contributed by atoms with Crippen LogP contribution >= 0.6 is 0 Å². The van der Waals surface area contributed by atoms with Crippen LogP contribution in [0.15, 0.2) is 42.5 Å². The molecule has 35 heavy (non-hydrogen) atoms. The van der Waals surface area contributed by atoms with Gasteiger partial charge in [0.25, 0.3) is 5.91 Å². The monoisotopic (exact) mass is 474 g/mol. The standard InChI is InChI=1S/C27H30N4O4/c1-27-16-21-20-15-19(35-2)8-9-22(20)28-23(21)24(17-6-5-7-18(32)14-17)31(27)26(34)30(25(27)33)13-12-29-10-3-4-11-29/h5-9,14-15,24,28,32H,3-4,10-13,16H2,1-2H3/t24-,27+/m1/s1. The maximum absolute atomic E-state index is 13.9. The van der Waals surface area contributed by atoms with Crippen molar-refractivity contribution in [2.45, 2.75) is 37.8 Å². The first-order chi connectivity index (χ1) is 16.9. The molecule has 8 nitrogen and oxygen atoms in total. The molecule has 2 N–H and O–H groups in total. The number of amides is 3. The summed E-state index contributed by atoms with van der Waals surface area (Å²) in [5.41, 5.74) is 2.55. The van der Waals surface area contributed by atoms with Gasteiger partial charge in [0, 0.05) is 36.1 Å². The average Bonchev–Trinajstić information content (AvgIpc) is 3.54. The number of aromatic nitrogens is 1. The molecule has 0 saturated carbocycles. The lowest BCUT2D eigenvalue weighted by atomic mass is 9.81. The predicted octanol–water partition coefficient (Wildman–Crippen LogP) is 3.65. The fourth-order valence-corrected chi connectivity index (χ4v) is 6.11. The number of phenolic OH excluding ortho intramolecular Hbond substituents is 1. The van der Waals surface area contributed by atoms with E-state index in [1.54, 1.807) is 30.2 Å². The lowest BCUT2D eigenvalue weighted by Crippen LogP contribution is -2.53. The zero-order valence-corrected chi connectivity index (χ0v) is 20.1. The Labute approximate surface area is 204 Å². The number of hydrogen-bond acceptors (Lipinski definition) is 5. The SMILES string of the molecule is COc1ccc2[nH]c3c(c2c1)C[C@@]1(C)C(=O)N(CCN2CCCC2)C(=O)N1[C@@H]3c1cccc(O)c1. The van der Waals surface area contributed by atoms with Crippen molar-refractivity contribution in [2.24, 2.45) is 0 Å². The second-order valence-electron chi connectivity index (χ2n) is 10.0. The van der Waals surface area contributed by atoms with E-state index in [0.29, 0.717) is 19.5 Å². The Morgan fingerprint density at radius 1 is 1.11 bits per heavy atom. The van der Waals surface area contributed by atoms with Crippen molar-refractivity contribution in [3.63, 3.8) is 0 Å². The molecule has 0 spiro atoms. The van der Waals surface area contributed by atoms with Gasteiger partial charge in [0.05, 0.1) is 7.11 Å². The van der Waals surface area contributed by atoms with Crippen LogP contribution in [0.1, 0.15) is 42.6 Å². The number of nitrogens with zero attached hydrogens (tertiary/aromatic N) is 3. The number of nitrogens with one attached hydrogen (secondary N) is 1. The van der Waals surface area contributed by atoms with Gasteiger partial charge in [-0.05, 0) is 74.3 Å². The Balaban J connectivity index is 1.48. The largest absolute Gasteiger partial charge is 0.508 e. The number of benzene rings is 2. The smallest absolute Gasteiger partial charge is 0.328 e. The highest BCUT2D eigenvalue weighted by molar-refractivity contribution is 6.08. The molecule has 0 bridgehead atoms. The van der Waals surface area contributed by atoms with Gasteiger partial charge >= 0.3 is 6.03 Å². The van der Waals surface area contributed by atoms with Gasteiger partial charge in [-0.25, -0.2) is 4.79 Å². The third-order valence-corrected chi connectivity index (χ3v) is 7.90. The van der Waals surface area contributed by atoms with Crippen LogP contribution in [0.5, 0.6) is 11.5 Å². The van der Waals surface area contributed by atoms with Gasteiger partial charge in [-0.1, -0.05) is 12.1 Å². The zero-order valence-electron chi connectivity index (χ0n) is 20.1. The van der Waals surface area contributed by atoms with Crippen LogP contribution in [0.25, 0.3) is 10.9 Å². The number of hydrogen-bond donors (Lipinski definition) is 2. The van der Waals surface area contributed by atoms with Crippen LogP contribution in [0.4, 0.5) is 4.79 Å². The summed E-state index contributed by atoms with van der Waals surface area (Å²) in [4.78, 5) is 36.7. The summed E-state index contributed by atoms with van der Waals surface area (Å²) in [5, 5.41) is 11.3. The molecule has 2 aromatic carbocycles. The van der Waals surface area contributed by atoms with Gasteiger partial charge in [-0.2, -0.15) is 0 Å². The second kappa shape index (κ2) is 8.02. The Bertz CT molecular complexity index is 1330. The second-order valence-corrected chi connectivity index (χ2v) is 10.0. The number of urea groups is 1. The van der Waals surface area contributed by atoms with Gasteiger partial charge < -0.3 is 19.7 Å². The number of likely N-dealkylation sites (tertiary alicyclic amines) is 1. The van der Waals surface area contributed by atoms with Crippen LogP contribution in [-0.4, -0.2) is 75.6 Å². The van der Waals surface area contributed by atoms with E-state index in [1.165, 1.54) is 4.90 Å². The van der Waals surface area contributed by atoms with Crippen molar-refractivity contribution >= 4 is 22.8 Å². The lowest BCUT2D eigenvalue weighted by Gasteiger charge is -2.42. The number of imide groups is 1. The van der Waals surface area contributed by atoms with Crippen molar-refractivity contribution in [3.8, 4) is 11.5 Å². The lowest BCUT2D eigenvalue weighted by molar-refractivity contribution is -0.133. The number of aromatic hydroxyl groups is 1. The molecule has 3 amide bonds. The quantitative estimate of drug-likeness (QED) is 0.551. The molecule has 3 aliphatic heterocycles. The summed E-state index contributed by atoms with van der Waals surface area (Å²) in [5.74, 6) is 0.703. The number of phenols is 1. The summed E-state index contributed by atoms with van der Waals surface area (Å²) in [7, 11) is 1.64. The number of methoxy groups -OCH3 is 1. The van der Waals surface area contributed by atoms with Crippen molar-refractivity contribution in [1.82, 2.24) is 19.7 Å².